The maximum Gasteiger partial charge on any atom is 0.148 e. The minimum absolute atomic E-state index is 0.222. The molecule has 0 bridgehead atoms. The standard InChI is InChI=1S/C14H19FN4/c1-9(2)13-12(16)14(19(3)18-13)17-8-10-6-4-5-7-11(10)15/h4-7,9,17H,8,16H2,1-3H3. The van der Waals surface area contributed by atoms with Crippen LogP contribution in [-0.4, -0.2) is 9.78 Å². The zero-order chi connectivity index (χ0) is 14.0. The zero-order valence-corrected chi connectivity index (χ0v) is 11.4. The Kier molecular flexibility index (Phi) is 3.74. The smallest absolute Gasteiger partial charge is 0.148 e. The molecule has 0 spiro atoms. The van der Waals surface area contributed by atoms with E-state index >= 15 is 0 Å². The average molecular weight is 262 g/mol. The number of halogens is 1. The number of nitrogen functional groups attached to an aromatic ring is 1. The fourth-order valence-corrected chi connectivity index (χ4v) is 2.02. The van der Waals surface area contributed by atoms with Crippen molar-refractivity contribution >= 4 is 11.5 Å². The van der Waals surface area contributed by atoms with Gasteiger partial charge in [-0.1, -0.05) is 32.0 Å². The fraction of sp³-hybridized carbons (Fsp3) is 0.357. The van der Waals surface area contributed by atoms with E-state index in [4.69, 9.17) is 5.73 Å². The van der Waals surface area contributed by atoms with Crippen LogP contribution in [0, 0.1) is 5.82 Å². The highest BCUT2D eigenvalue weighted by Gasteiger charge is 2.15. The van der Waals surface area contributed by atoms with Gasteiger partial charge >= 0.3 is 0 Å². The van der Waals surface area contributed by atoms with E-state index in [0.29, 0.717) is 17.8 Å². The van der Waals surface area contributed by atoms with Crippen LogP contribution in [0.25, 0.3) is 0 Å². The van der Waals surface area contributed by atoms with E-state index in [0.717, 1.165) is 11.5 Å². The first-order valence-corrected chi connectivity index (χ1v) is 6.30. The van der Waals surface area contributed by atoms with Crippen molar-refractivity contribution in [3.8, 4) is 0 Å². The number of aryl methyl sites for hydroxylation is 1. The molecule has 2 rings (SSSR count). The third kappa shape index (κ3) is 2.70. The fourth-order valence-electron chi connectivity index (χ4n) is 2.02. The Balaban J connectivity index is 2.19. The van der Waals surface area contributed by atoms with Crippen LogP contribution in [-0.2, 0) is 13.6 Å². The number of hydrogen-bond donors (Lipinski definition) is 2. The maximum atomic E-state index is 13.5. The Morgan fingerprint density at radius 2 is 2.05 bits per heavy atom. The van der Waals surface area contributed by atoms with Crippen LogP contribution >= 0.6 is 0 Å². The van der Waals surface area contributed by atoms with Crippen molar-refractivity contribution in [2.24, 2.45) is 7.05 Å². The number of nitrogens with one attached hydrogen (secondary N) is 1. The summed E-state index contributed by atoms with van der Waals surface area (Å²) in [5, 5.41) is 7.53. The Morgan fingerprint density at radius 1 is 1.37 bits per heavy atom. The number of nitrogens with zero attached hydrogens (tertiary/aromatic N) is 2. The molecule has 0 unspecified atom stereocenters. The van der Waals surface area contributed by atoms with E-state index in [9.17, 15) is 4.39 Å². The molecule has 2 aromatic rings. The lowest BCUT2D eigenvalue weighted by atomic mass is 10.1. The lowest BCUT2D eigenvalue weighted by Crippen LogP contribution is -2.07. The molecule has 0 aliphatic rings. The number of aromatic nitrogens is 2. The van der Waals surface area contributed by atoms with Crippen molar-refractivity contribution in [2.75, 3.05) is 11.1 Å². The third-order valence-electron chi connectivity index (χ3n) is 3.06. The van der Waals surface area contributed by atoms with Crippen LogP contribution in [0.2, 0.25) is 0 Å². The molecule has 0 fully saturated rings. The van der Waals surface area contributed by atoms with Crippen molar-refractivity contribution in [3.63, 3.8) is 0 Å². The molecule has 0 radical (unpaired) electrons. The summed E-state index contributed by atoms with van der Waals surface area (Å²) in [5.74, 6) is 0.766. The van der Waals surface area contributed by atoms with Crippen LogP contribution in [0.3, 0.4) is 0 Å². The SMILES string of the molecule is CC(C)c1nn(C)c(NCc2ccccc2F)c1N. The van der Waals surface area contributed by atoms with Crippen molar-refractivity contribution in [3.05, 3.63) is 41.3 Å². The van der Waals surface area contributed by atoms with Crippen molar-refractivity contribution < 1.29 is 4.39 Å². The van der Waals surface area contributed by atoms with Crippen molar-refractivity contribution in [1.29, 1.82) is 0 Å². The zero-order valence-electron chi connectivity index (χ0n) is 11.4. The van der Waals surface area contributed by atoms with E-state index in [1.54, 1.807) is 16.8 Å². The van der Waals surface area contributed by atoms with E-state index in [1.165, 1.54) is 6.07 Å². The molecule has 4 nitrogen and oxygen atoms in total. The molecule has 0 saturated carbocycles. The number of nitrogens with two attached hydrogens (primary N) is 1. The van der Waals surface area contributed by atoms with Crippen LogP contribution in [0.4, 0.5) is 15.9 Å². The molecule has 0 atom stereocenters. The second-order valence-corrected chi connectivity index (χ2v) is 4.87. The van der Waals surface area contributed by atoms with E-state index in [-0.39, 0.29) is 11.7 Å². The number of benzene rings is 1. The topological polar surface area (TPSA) is 55.9 Å². The summed E-state index contributed by atoms with van der Waals surface area (Å²) in [7, 11) is 1.83. The molecule has 102 valence electrons. The molecule has 0 aliphatic heterocycles. The summed E-state index contributed by atoms with van der Waals surface area (Å²) >= 11 is 0. The predicted octanol–water partition coefficient (Wildman–Crippen LogP) is 2.88. The molecule has 3 N–H and O–H groups in total. The summed E-state index contributed by atoms with van der Waals surface area (Å²) in [6.07, 6.45) is 0. The Morgan fingerprint density at radius 3 is 2.63 bits per heavy atom. The molecule has 0 amide bonds. The minimum atomic E-state index is -0.222. The molecule has 5 heteroatoms. The number of rotatable bonds is 4. The first-order chi connectivity index (χ1) is 9.00. The van der Waals surface area contributed by atoms with Gasteiger partial charge in [-0.15, -0.1) is 0 Å². The van der Waals surface area contributed by atoms with E-state index in [2.05, 4.69) is 10.4 Å². The first kappa shape index (κ1) is 13.4. The molecule has 1 aromatic heterocycles. The molecule has 1 aromatic carbocycles. The molecule has 0 saturated heterocycles. The molecule has 0 aliphatic carbocycles. The van der Waals surface area contributed by atoms with E-state index < -0.39 is 0 Å². The van der Waals surface area contributed by atoms with E-state index in [1.807, 2.05) is 27.0 Å². The Labute approximate surface area is 112 Å². The largest absolute Gasteiger partial charge is 0.394 e. The van der Waals surface area contributed by atoms with Gasteiger partial charge in [0.25, 0.3) is 0 Å². The van der Waals surface area contributed by atoms with Gasteiger partial charge in [-0.3, -0.25) is 4.68 Å². The van der Waals surface area contributed by atoms with Gasteiger partial charge in [0, 0.05) is 19.2 Å². The normalized spacial score (nSPS) is 11.0. The van der Waals surface area contributed by atoms with Crippen LogP contribution in [0.15, 0.2) is 24.3 Å². The molecule has 1 heterocycles. The number of anilines is 2. The number of hydrogen-bond acceptors (Lipinski definition) is 3. The monoisotopic (exact) mass is 262 g/mol. The lowest BCUT2D eigenvalue weighted by Gasteiger charge is -2.08. The highest BCUT2D eigenvalue weighted by atomic mass is 19.1. The van der Waals surface area contributed by atoms with Gasteiger partial charge in [-0.25, -0.2) is 4.39 Å². The minimum Gasteiger partial charge on any atom is -0.394 e. The quantitative estimate of drug-likeness (QED) is 0.890. The van der Waals surface area contributed by atoms with Gasteiger partial charge in [0.1, 0.15) is 11.6 Å². The van der Waals surface area contributed by atoms with Crippen molar-refractivity contribution in [2.45, 2.75) is 26.3 Å². The van der Waals surface area contributed by atoms with Gasteiger partial charge in [-0.2, -0.15) is 5.10 Å². The van der Waals surface area contributed by atoms with Crippen LogP contribution < -0.4 is 11.1 Å². The van der Waals surface area contributed by atoms with Crippen LogP contribution in [0.5, 0.6) is 0 Å². The average Bonchev–Trinajstić information content (AvgIpc) is 2.65. The summed E-state index contributed by atoms with van der Waals surface area (Å²) in [6, 6.07) is 6.68. The Bertz CT molecular complexity index is 575. The van der Waals surface area contributed by atoms with Crippen LogP contribution in [0.1, 0.15) is 31.0 Å². The maximum absolute atomic E-state index is 13.5. The molecule has 19 heavy (non-hydrogen) atoms. The highest BCUT2D eigenvalue weighted by Crippen LogP contribution is 2.28. The molecular formula is C14H19FN4. The highest BCUT2D eigenvalue weighted by molar-refractivity contribution is 5.65. The second-order valence-electron chi connectivity index (χ2n) is 4.87. The predicted molar refractivity (Wildman–Crippen MR) is 75.4 cm³/mol. The van der Waals surface area contributed by atoms with Gasteiger partial charge in [0.2, 0.25) is 0 Å². The lowest BCUT2D eigenvalue weighted by molar-refractivity contribution is 0.612. The van der Waals surface area contributed by atoms with Gasteiger partial charge < -0.3 is 11.1 Å². The summed E-state index contributed by atoms with van der Waals surface area (Å²) in [4.78, 5) is 0. The second kappa shape index (κ2) is 5.30. The summed E-state index contributed by atoms with van der Waals surface area (Å²) in [6.45, 7) is 4.46. The van der Waals surface area contributed by atoms with Gasteiger partial charge in [-0.05, 0) is 12.0 Å². The van der Waals surface area contributed by atoms with Gasteiger partial charge in [0.15, 0.2) is 0 Å². The van der Waals surface area contributed by atoms with Crippen molar-refractivity contribution in [1.82, 2.24) is 9.78 Å². The summed E-state index contributed by atoms with van der Waals surface area (Å²) < 4.78 is 15.2. The molecular weight excluding hydrogens is 243 g/mol. The summed E-state index contributed by atoms with van der Waals surface area (Å²) in [5.41, 5.74) is 8.17. The van der Waals surface area contributed by atoms with Gasteiger partial charge in [0.05, 0.1) is 11.4 Å². The Hall–Kier alpha value is -2.04. The first-order valence-electron chi connectivity index (χ1n) is 6.30. The third-order valence-corrected chi connectivity index (χ3v) is 3.06.